The van der Waals surface area contributed by atoms with E-state index in [-0.39, 0.29) is 12.5 Å². The molecule has 9 nitrogen and oxygen atoms in total. The number of nitrogens with one attached hydrogen (secondary N) is 2. The Bertz CT molecular complexity index is 1240. The van der Waals surface area contributed by atoms with E-state index in [1.807, 2.05) is 31.2 Å². The number of sulfonamides is 1. The maximum absolute atomic E-state index is 11.6. The minimum Gasteiger partial charge on any atom is -0.493 e. The summed E-state index contributed by atoms with van der Waals surface area (Å²) in [4.78, 5) is 8.82. The summed E-state index contributed by atoms with van der Waals surface area (Å²) in [5, 5.41) is 21.5. The van der Waals surface area contributed by atoms with Crippen LogP contribution >= 0.6 is 0 Å². The molecule has 0 aliphatic heterocycles. The summed E-state index contributed by atoms with van der Waals surface area (Å²) in [7, 11) is -3.48. The van der Waals surface area contributed by atoms with Crippen molar-refractivity contribution >= 4 is 21.7 Å². The lowest BCUT2D eigenvalue weighted by molar-refractivity contribution is 0.259. The van der Waals surface area contributed by atoms with Gasteiger partial charge >= 0.3 is 0 Å². The second-order valence-corrected chi connectivity index (χ2v) is 9.72. The molecule has 2 aromatic carbocycles. The van der Waals surface area contributed by atoms with Gasteiger partial charge in [-0.3, -0.25) is 0 Å². The third kappa shape index (κ3) is 7.52. The number of aromatic nitrogens is 2. The van der Waals surface area contributed by atoms with Crippen LogP contribution in [0.2, 0.25) is 0 Å². The van der Waals surface area contributed by atoms with Crippen LogP contribution in [0.15, 0.2) is 60.8 Å². The number of nitrogens with zero attached hydrogens (tertiary/aromatic N) is 3. The molecule has 1 aromatic heterocycles. The number of aliphatic hydroxyl groups is 1. The molecular formula is C24H27N5O4S. The lowest BCUT2D eigenvalue weighted by Gasteiger charge is -2.16. The third-order valence-electron chi connectivity index (χ3n) is 4.86. The highest BCUT2D eigenvalue weighted by atomic mass is 32.2. The van der Waals surface area contributed by atoms with Gasteiger partial charge in [0.15, 0.2) is 0 Å². The number of hydrogen-bond donors (Lipinski definition) is 3. The molecule has 0 aliphatic carbocycles. The molecule has 0 fully saturated rings. The van der Waals surface area contributed by atoms with Crippen molar-refractivity contribution in [1.29, 1.82) is 5.26 Å². The topological polar surface area (TPSA) is 137 Å². The molecule has 2 unspecified atom stereocenters. The van der Waals surface area contributed by atoms with Crippen molar-refractivity contribution < 1.29 is 18.3 Å². The van der Waals surface area contributed by atoms with E-state index in [1.165, 1.54) is 0 Å². The lowest BCUT2D eigenvalue weighted by atomic mass is 10.1. The van der Waals surface area contributed by atoms with Gasteiger partial charge in [0.1, 0.15) is 5.75 Å². The predicted octanol–water partition coefficient (Wildman–Crippen LogP) is 3.40. The molecule has 3 rings (SSSR count). The average Bonchev–Trinajstić information content (AvgIpc) is 2.81. The summed E-state index contributed by atoms with van der Waals surface area (Å²) < 4.78 is 31.3. The van der Waals surface area contributed by atoms with Gasteiger partial charge in [-0.1, -0.05) is 19.1 Å². The SMILES string of the molecule is CC(CC#N)COc1ccc(-c2ccnc(Nc3cccc(C(CO)NS(C)(=O)=O)c3)n2)cc1. The Balaban J connectivity index is 1.71. The Morgan fingerprint density at radius 1 is 1.18 bits per heavy atom. The number of aliphatic hydroxyl groups excluding tert-OH is 1. The molecule has 0 radical (unpaired) electrons. The summed E-state index contributed by atoms with van der Waals surface area (Å²) in [5.41, 5.74) is 2.85. The molecular weight excluding hydrogens is 454 g/mol. The molecule has 3 N–H and O–H groups in total. The standard InChI is InChI=1S/C24H27N5O4S/c1-17(10-12-25)16-33-21-8-6-18(7-9-21)22-11-13-26-24(28-22)27-20-5-3-4-19(14-20)23(15-30)29-34(2,31)32/h3-9,11,13-14,17,23,29-30H,10,15-16H2,1-2H3,(H,26,27,28). The Hall–Kier alpha value is -3.52. The van der Waals surface area contributed by atoms with Crippen molar-refractivity contribution in [3.05, 3.63) is 66.4 Å². The van der Waals surface area contributed by atoms with E-state index in [2.05, 4.69) is 26.1 Å². The summed E-state index contributed by atoms with van der Waals surface area (Å²) >= 11 is 0. The lowest BCUT2D eigenvalue weighted by Crippen LogP contribution is -2.29. The van der Waals surface area contributed by atoms with Crippen LogP contribution in [0.3, 0.4) is 0 Å². The molecule has 0 aliphatic rings. The first-order valence-corrected chi connectivity index (χ1v) is 12.5. The Morgan fingerprint density at radius 3 is 2.62 bits per heavy atom. The third-order valence-corrected chi connectivity index (χ3v) is 5.58. The van der Waals surface area contributed by atoms with E-state index in [4.69, 9.17) is 10.00 Å². The normalized spacial score (nSPS) is 13.0. The minimum atomic E-state index is -3.48. The Labute approximate surface area is 199 Å². The van der Waals surface area contributed by atoms with Gasteiger partial charge in [-0.25, -0.2) is 23.1 Å². The fourth-order valence-electron chi connectivity index (χ4n) is 3.19. The molecule has 178 valence electrons. The van der Waals surface area contributed by atoms with Crippen molar-refractivity contribution in [2.45, 2.75) is 19.4 Å². The highest BCUT2D eigenvalue weighted by Crippen LogP contribution is 2.24. The highest BCUT2D eigenvalue weighted by molar-refractivity contribution is 7.88. The zero-order valence-corrected chi connectivity index (χ0v) is 19.8. The molecule has 0 spiro atoms. The van der Waals surface area contributed by atoms with Crippen LogP contribution in [-0.2, 0) is 10.0 Å². The minimum absolute atomic E-state index is 0.161. The number of benzene rings is 2. The number of ether oxygens (including phenoxy) is 1. The van der Waals surface area contributed by atoms with E-state index in [9.17, 15) is 13.5 Å². The summed E-state index contributed by atoms with van der Waals surface area (Å²) in [6.45, 7) is 2.07. The molecule has 10 heteroatoms. The van der Waals surface area contributed by atoms with Gasteiger partial charge in [-0.05, 0) is 48.0 Å². The van der Waals surface area contributed by atoms with E-state index in [1.54, 1.807) is 36.5 Å². The molecule has 1 heterocycles. The molecule has 0 saturated carbocycles. The quantitative estimate of drug-likeness (QED) is 0.379. The fraction of sp³-hybridized carbons (Fsp3) is 0.292. The monoisotopic (exact) mass is 481 g/mol. The van der Waals surface area contributed by atoms with Crippen molar-refractivity contribution in [2.24, 2.45) is 5.92 Å². The first kappa shape index (κ1) is 25.1. The zero-order chi connectivity index (χ0) is 24.6. The van der Waals surface area contributed by atoms with E-state index in [0.29, 0.717) is 35.9 Å². The molecule has 2 atom stereocenters. The van der Waals surface area contributed by atoms with E-state index >= 15 is 0 Å². The smallest absolute Gasteiger partial charge is 0.227 e. The van der Waals surface area contributed by atoms with Gasteiger partial charge in [0, 0.05) is 29.8 Å². The van der Waals surface area contributed by atoms with Crippen LogP contribution in [0, 0.1) is 17.2 Å². The number of rotatable bonds is 11. The number of nitriles is 1. The van der Waals surface area contributed by atoms with Crippen molar-refractivity contribution in [1.82, 2.24) is 14.7 Å². The van der Waals surface area contributed by atoms with Gasteiger partial charge in [0.25, 0.3) is 0 Å². The van der Waals surface area contributed by atoms with E-state index in [0.717, 1.165) is 17.6 Å². The molecule has 34 heavy (non-hydrogen) atoms. The number of hydrogen-bond acceptors (Lipinski definition) is 8. The average molecular weight is 482 g/mol. The first-order chi connectivity index (χ1) is 16.3. The van der Waals surface area contributed by atoms with Gasteiger partial charge in [-0.2, -0.15) is 5.26 Å². The van der Waals surface area contributed by atoms with Gasteiger partial charge in [0.05, 0.1) is 37.3 Å². The fourth-order valence-corrected chi connectivity index (χ4v) is 3.91. The molecule has 3 aromatic rings. The molecule has 0 amide bonds. The van der Waals surface area contributed by atoms with Crippen LogP contribution in [0.4, 0.5) is 11.6 Å². The zero-order valence-electron chi connectivity index (χ0n) is 19.0. The maximum atomic E-state index is 11.6. The second kappa shape index (κ2) is 11.6. The van der Waals surface area contributed by atoms with Crippen molar-refractivity contribution in [3.63, 3.8) is 0 Å². The summed E-state index contributed by atoms with van der Waals surface area (Å²) in [5.74, 6) is 1.25. The van der Waals surface area contributed by atoms with Crippen molar-refractivity contribution in [2.75, 3.05) is 24.8 Å². The summed E-state index contributed by atoms with van der Waals surface area (Å²) in [6.07, 6.45) is 3.14. The second-order valence-electron chi connectivity index (χ2n) is 7.94. The van der Waals surface area contributed by atoms with Crippen LogP contribution < -0.4 is 14.8 Å². The summed E-state index contributed by atoms with van der Waals surface area (Å²) in [6, 6.07) is 17.7. The van der Waals surface area contributed by atoms with Crippen molar-refractivity contribution in [3.8, 4) is 23.1 Å². The van der Waals surface area contributed by atoms with Crippen LogP contribution in [0.1, 0.15) is 24.9 Å². The van der Waals surface area contributed by atoms with Gasteiger partial charge in [0.2, 0.25) is 16.0 Å². The highest BCUT2D eigenvalue weighted by Gasteiger charge is 2.15. The predicted molar refractivity (Wildman–Crippen MR) is 130 cm³/mol. The molecule has 0 saturated heterocycles. The first-order valence-electron chi connectivity index (χ1n) is 10.7. The van der Waals surface area contributed by atoms with Crippen LogP contribution in [-0.4, -0.2) is 43.0 Å². The van der Waals surface area contributed by atoms with Gasteiger partial charge < -0.3 is 15.2 Å². The Morgan fingerprint density at radius 2 is 1.94 bits per heavy atom. The largest absolute Gasteiger partial charge is 0.493 e. The Kier molecular flexibility index (Phi) is 8.54. The molecule has 0 bridgehead atoms. The maximum Gasteiger partial charge on any atom is 0.227 e. The van der Waals surface area contributed by atoms with Crippen LogP contribution in [0.5, 0.6) is 5.75 Å². The van der Waals surface area contributed by atoms with E-state index < -0.39 is 16.1 Å². The number of anilines is 2. The van der Waals surface area contributed by atoms with Crippen LogP contribution in [0.25, 0.3) is 11.3 Å². The van der Waals surface area contributed by atoms with Gasteiger partial charge in [-0.15, -0.1) is 0 Å².